The zero-order chi connectivity index (χ0) is 15.5. The van der Waals surface area contributed by atoms with Crippen LogP contribution in [0, 0.1) is 0 Å². The Hall–Kier alpha value is -1.01. The number of anilines is 1. The van der Waals surface area contributed by atoms with E-state index in [2.05, 4.69) is 10.3 Å². The number of hydrogen-bond donors (Lipinski definition) is 1. The van der Waals surface area contributed by atoms with Crippen LogP contribution in [0.4, 0.5) is 19.0 Å². The van der Waals surface area contributed by atoms with Gasteiger partial charge < -0.3 is 10.2 Å². The molecule has 1 heterocycles. The van der Waals surface area contributed by atoms with Crippen LogP contribution < -0.4 is 10.2 Å². The summed E-state index contributed by atoms with van der Waals surface area (Å²) >= 11 is 6.06. The third-order valence-electron chi connectivity index (χ3n) is 3.25. The Kier molecular flexibility index (Phi) is 5.32. The summed E-state index contributed by atoms with van der Waals surface area (Å²) in [6.07, 6.45) is -1.70. The molecule has 1 aliphatic carbocycles. The van der Waals surface area contributed by atoms with Gasteiger partial charge in [0.05, 0.1) is 10.7 Å². The van der Waals surface area contributed by atoms with Crippen molar-refractivity contribution in [2.75, 3.05) is 18.0 Å². The van der Waals surface area contributed by atoms with Crippen LogP contribution in [-0.4, -0.2) is 30.3 Å². The fraction of sp³-hybridized carbons (Fsp3) is 0.643. The largest absolute Gasteiger partial charge is 0.405 e. The van der Waals surface area contributed by atoms with Gasteiger partial charge in [0.2, 0.25) is 0 Å². The molecule has 1 aromatic heterocycles. The van der Waals surface area contributed by atoms with E-state index in [0.717, 1.165) is 25.8 Å². The molecule has 7 heteroatoms. The fourth-order valence-corrected chi connectivity index (χ4v) is 2.29. The van der Waals surface area contributed by atoms with E-state index in [-0.39, 0.29) is 6.04 Å². The average molecular weight is 322 g/mol. The number of nitrogens with one attached hydrogen (secondary N) is 1. The summed E-state index contributed by atoms with van der Waals surface area (Å²) in [6, 6.07) is 3.13. The predicted octanol–water partition coefficient (Wildman–Crippen LogP) is 3.77. The van der Waals surface area contributed by atoms with Crippen LogP contribution in [0.3, 0.4) is 0 Å². The van der Waals surface area contributed by atoms with E-state index in [1.807, 2.05) is 6.92 Å². The lowest BCUT2D eigenvalue weighted by Gasteiger charge is -2.25. The average Bonchev–Trinajstić information content (AvgIpc) is 3.22. The van der Waals surface area contributed by atoms with Crippen LogP contribution in [0.1, 0.15) is 31.9 Å². The van der Waals surface area contributed by atoms with Crippen LogP contribution in [-0.2, 0) is 6.54 Å². The number of pyridine rings is 1. The van der Waals surface area contributed by atoms with Crippen molar-refractivity contribution in [1.29, 1.82) is 0 Å². The molecular formula is C14H19ClF3N3. The van der Waals surface area contributed by atoms with E-state index in [0.29, 0.717) is 23.1 Å². The van der Waals surface area contributed by atoms with E-state index in [1.165, 1.54) is 4.90 Å². The van der Waals surface area contributed by atoms with Gasteiger partial charge in [-0.05, 0) is 37.9 Å². The van der Waals surface area contributed by atoms with Gasteiger partial charge in [-0.2, -0.15) is 13.2 Å². The molecule has 0 unspecified atom stereocenters. The topological polar surface area (TPSA) is 28.2 Å². The van der Waals surface area contributed by atoms with Gasteiger partial charge in [0.1, 0.15) is 12.4 Å². The second-order valence-electron chi connectivity index (χ2n) is 5.25. The lowest BCUT2D eigenvalue weighted by atomic mass is 10.3. The van der Waals surface area contributed by atoms with Crippen molar-refractivity contribution in [3.05, 3.63) is 22.8 Å². The predicted molar refractivity (Wildman–Crippen MR) is 77.7 cm³/mol. The van der Waals surface area contributed by atoms with Gasteiger partial charge in [-0.3, -0.25) is 0 Å². The standard InChI is InChI=1S/C14H19ClF3N3/c1-2-7-19-8-12-11(15)5-6-13(20-12)21(10-3-4-10)9-14(16,17)18/h5-6,10,19H,2-4,7-9H2,1H3. The van der Waals surface area contributed by atoms with Gasteiger partial charge in [0, 0.05) is 12.6 Å². The Morgan fingerprint density at radius 1 is 1.38 bits per heavy atom. The Bertz CT molecular complexity index is 475. The Morgan fingerprint density at radius 3 is 2.67 bits per heavy atom. The van der Waals surface area contributed by atoms with Crippen LogP contribution in [0.2, 0.25) is 5.02 Å². The highest BCUT2D eigenvalue weighted by Gasteiger charge is 2.38. The van der Waals surface area contributed by atoms with Crippen molar-refractivity contribution >= 4 is 17.4 Å². The van der Waals surface area contributed by atoms with Gasteiger partial charge in [-0.1, -0.05) is 18.5 Å². The van der Waals surface area contributed by atoms with Gasteiger partial charge in [0.25, 0.3) is 0 Å². The number of alkyl halides is 3. The van der Waals surface area contributed by atoms with Gasteiger partial charge >= 0.3 is 6.18 Å². The van der Waals surface area contributed by atoms with Crippen molar-refractivity contribution in [3.8, 4) is 0 Å². The van der Waals surface area contributed by atoms with Crippen molar-refractivity contribution in [1.82, 2.24) is 10.3 Å². The zero-order valence-corrected chi connectivity index (χ0v) is 12.6. The molecule has 0 bridgehead atoms. The summed E-state index contributed by atoms with van der Waals surface area (Å²) < 4.78 is 38.1. The van der Waals surface area contributed by atoms with Crippen LogP contribution in [0.5, 0.6) is 0 Å². The van der Waals surface area contributed by atoms with Gasteiger partial charge in [0.15, 0.2) is 0 Å². The highest BCUT2D eigenvalue weighted by atomic mass is 35.5. The van der Waals surface area contributed by atoms with Gasteiger partial charge in [-0.25, -0.2) is 4.98 Å². The minimum absolute atomic E-state index is 0.0586. The summed E-state index contributed by atoms with van der Waals surface area (Å²) in [5.74, 6) is 0.354. The second-order valence-corrected chi connectivity index (χ2v) is 5.66. The number of nitrogens with zero attached hydrogens (tertiary/aromatic N) is 2. The van der Waals surface area contributed by atoms with E-state index in [1.54, 1.807) is 12.1 Å². The quantitative estimate of drug-likeness (QED) is 0.775. The summed E-state index contributed by atoms with van der Waals surface area (Å²) in [5.41, 5.74) is 0.593. The Labute approximate surface area is 127 Å². The highest BCUT2D eigenvalue weighted by molar-refractivity contribution is 6.31. The molecule has 0 radical (unpaired) electrons. The van der Waals surface area contributed by atoms with E-state index in [4.69, 9.17) is 11.6 Å². The minimum Gasteiger partial charge on any atom is -0.345 e. The molecule has 21 heavy (non-hydrogen) atoms. The van der Waals surface area contributed by atoms with Crippen molar-refractivity contribution in [3.63, 3.8) is 0 Å². The van der Waals surface area contributed by atoms with Crippen LogP contribution in [0.15, 0.2) is 12.1 Å². The number of rotatable bonds is 7. The molecular weight excluding hydrogens is 303 g/mol. The third-order valence-corrected chi connectivity index (χ3v) is 3.60. The summed E-state index contributed by atoms with van der Waals surface area (Å²) in [7, 11) is 0. The molecule has 1 N–H and O–H groups in total. The fourth-order valence-electron chi connectivity index (χ4n) is 2.12. The first kappa shape index (κ1) is 16.4. The Balaban J connectivity index is 2.14. The molecule has 1 fully saturated rings. The SMILES string of the molecule is CCCNCc1nc(N(CC(F)(F)F)C2CC2)ccc1Cl. The second kappa shape index (κ2) is 6.83. The van der Waals surface area contributed by atoms with Crippen molar-refractivity contribution in [2.45, 2.75) is 44.9 Å². The molecule has 0 spiro atoms. The first-order valence-electron chi connectivity index (χ1n) is 7.10. The van der Waals surface area contributed by atoms with Crippen LogP contribution >= 0.6 is 11.6 Å². The molecule has 0 atom stereocenters. The monoisotopic (exact) mass is 321 g/mol. The number of hydrogen-bond acceptors (Lipinski definition) is 3. The maximum absolute atomic E-state index is 12.7. The lowest BCUT2D eigenvalue weighted by molar-refractivity contribution is -0.120. The minimum atomic E-state index is -4.23. The van der Waals surface area contributed by atoms with Crippen LogP contribution in [0.25, 0.3) is 0 Å². The van der Waals surface area contributed by atoms with Crippen molar-refractivity contribution in [2.24, 2.45) is 0 Å². The molecule has 1 saturated carbocycles. The molecule has 0 aliphatic heterocycles. The maximum atomic E-state index is 12.7. The smallest absolute Gasteiger partial charge is 0.345 e. The molecule has 0 amide bonds. The highest BCUT2D eigenvalue weighted by Crippen LogP contribution is 2.34. The molecule has 0 aromatic carbocycles. The molecule has 118 valence electrons. The Morgan fingerprint density at radius 2 is 2.10 bits per heavy atom. The van der Waals surface area contributed by atoms with Gasteiger partial charge in [-0.15, -0.1) is 0 Å². The normalized spacial score (nSPS) is 15.3. The first-order chi connectivity index (χ1) is 9.90. The number of halogens is 4. The first-order valence-corrected chi connectivity index (χ1v) is 7.48. The number of aromatic nitrogens is 1. The van der Waals surface area contributed by atoms with E-state index in [9.17, 15) is 13.2 Å². The summed E-state index contributed by atoms with van der Waals surface area (Å²) in [6.45, 7) is 2.35. The van der Waals surface area contributed by atoms with Crippen molar-refractivity contribution < 1.29 is 13.2 Å². The maximum Gasteiger partial charge on any atom is 0.405 e. The molecule has 3 nitrogen and oxygen atoms in total. The summed E-state index contributed by atoms with van der Waals surface area (Å²) in [5, 5.41) is 3.64. The lowest BCUT2D eigenvalue weighted by Crippen LogP contribution is -2.36. The van der Waals surface area contributed by atoms with E-state index < -0.39 is 12.7 Å². The molecule has 1 aromatic rings. The van der Waals surface area contributed by atoms with E-state index >= 15 is 0 Å². The zero-order valence-electron chi connectivity index (χ0n) is 11.9. The third kappa shape index (κ3) is 5.04. The molecule has 1 aliphatic rings. The molecule has 0 saturated heterocycles. The molecule has 2 rings (SSSR count). The summed E-state index contributed by atoms with van der Waals surface area (Å²) in [4.78, 5) is 5.65.